The lowest BCUT2D eigenvalue weighted by Crippen LogP contribution is -2.42. The normalized spacial score (nSPS) is 11.5. The number of nitrogens with zero attached hydrogens (tertiary/aromatic N) is 2. The molecule has 1 amide bonds. The summed E-state index contributed by atoms with van der Waals surface area (Å²) in [7, 11) is 0. The molecule has 84 valence electrons. The fourth-order valence-corrected chi connectivity index (χ4v) is 1.07. The van der Waals surface area contributed by atoms with Gasteiger partial charge in [0, 0.05) is 12.7 Å². The van der Waals surface area contributed by atoms with Gasteiger partial charge in [-0.1, -0.05) is 5.92 Å². The van der Waals surface area contributed by atoms with Gasteiger partial charge in [-0.05, 0) is 19.1 Å². The van der Waals surface area contributed by atoms with Gasteiger partial charge in [-0.2, -0.15) is 10.2 Å². The third-order valence-electron chi connectivity index (χ3n) is 1.97. The molecular formula is C11H14N4O. The van der Waals surface area contributed by atoms with Gasteiger partial charge in [0.1, 0.15) is 0 Å². The van der Waals surface area contributed by atoms with Crippen LogP contribution in [0.5, 0.6) is 0 Å². The first-order valence-electron chi connectivity index (χ1n) is 4.95. The van der Waals surface area contributed by atoms with Crippen molar-refractivity contribution in [3.63, 3.8) is 0 Å². The Kier molecular flexibility index (Phi) is 4.96. The summed E-state index contributed by atoms with van der Waals surface area (Å²) in [5, 5.41) is 13.3. The average Bonchev–Trinajstić information content (AvgIpc) is 2.34. The quantitative estimate of drug-likeness (QED) is 0.666. The van der Waals surface area contributed by atoms with E-state index in [9.17, 15) is 4.79 Å². The van der Waals surface area contributed by atoms with Gasteiger partial charge in [0.25, 0.3) is 0 Å². The van der Waals surface area contributed by atoms with Crippen LogP contribution in [0.25, 0.3) is 0 Å². The molecule has 0 aromatic carbocycles. The molecule has 2 N–H and O–H groups in total. The summed E-state index contributed by atoms with van der Waals surface area (Å²) in [5.41, 5.74) is 0.791. The molecule has 16 heavy (non-hydrogen) atoms. The fraction of sp³-hybridized carbons (Fsp3) is 0.364. The average molecular weight is 218 g/mol. The SMILES string of the molecule is C#CCNC(=O)C(C)NCc1cccnn1. The first-order chi connectivity index (χ1) is 7.74. The van der Waals surface area contributed by atoms with Crippen LogP contribution in [-0.4, -0.2) is 28.7 Å². The first kappa shape index (κ1) is 12.1. The van der Waals surface area contributed by atoms with Gasteiger partial charge in [-0.25, -0.2) is 0 Å². The zero-order chi connectivity index (χ0) is 11.8. The van der Waals surface area contributed by atoms with Crippen LogP contribution in [0.1, 0.15) is 12.6 Å². The van der Waals surface area contributed by atoms with E-state index in [1.165, 1.54) is 0 Å². The predicted molar refractivity (Wildman–Crippen MR) is 60.2 cm³/mol. The Morgan fingerprint density at radius 1 is 1.69 bits per heavy atom. The Labute approximate surface area is 94.7 Å². The lowest BCUT2D eigenvalue weighted by molar-refractivity contribution is -0.122. The van der Waals surface area contributed by atoms with E-state index in [-0.39, 0.29) is 18.5 Å². The molecule has 1 atom stereocenters. The van der Waals surface area contributed by atoms with Gasteiger partial charge in [-0.15, -0.1) is 6.42 Å². The number of carbonyl (C=O) groups excluding carboxylic acids is 1. The molecule has 1 aromatic rings. The van der Waals surface area contributed by atoms with Crippen molar-refractivity contribution < 1.29 is 4.79 Å². The zero-order valence-corrected chi connectivity index (χ0v) is 9.10. The summed E-state index contributed by atoms with van der Waals surface area (Å²) in [4.78, 5) is 11.4. The molecule has 0 aliphatic carbocycles. The zero-order valence-electron chi connectivity index (χ0n) is 9.10. The van der Waals surface area contributed by atoms with Crippen molar-refractivity contribution in [3.8, 4) is 12.3 Å². The van der Waals surface area contributed by atoms with Crippen LogP contribution in [0.4, 0.5) is 0 Å². The van der Waals surface area contributed by atoms with Crippen molar-refractivity contribution in [2.24, 2.45) is 0 Å². The van der Waals surface area contributed by atoms with E-state index >= 15 is 0 Å². The number of carbonyl (C=O) groups is 1. The molecular weight excluding hydrogens is 204 g/mol. The standard InChI is InChI=1S/C11H14N4O/c1-3-6-12-11(16)9(2)13-8-10-5-4-7-14-15-10/h1,4-5,7,9,13H,6,8H2,2H3,(H,12,16). The van der Waals surface area contributed by atoms with Crippen LogP contribution < -0.4 is 10.6 Å². The Bertz CT molecular complexity index is 371. The van der Waals surface area contributed by atoms with Crippen LogP contribution in [0.15, 0.2) is 18.3 Å². The number of hydrogen-bond donors (Lipinski definition) is 2. The molecule has 1 aromatic heterocycles. The minimum Gasteiger partial charge on any atom is -0.344 e. The molecule has 1 rings (SSSR count). The van der Waals surface area contributed by atoms with E-state index in [2.05, 4.69) is 26.8 Å². The molecule has 0 spiro atoms. The van der Waals surface area contributed by atoms with Crippen LogP contribution >= 0.6 is 0 Å². The molecule has 0 aliphatic rings. The van der Waals surface area contributed by atoms with Gasteiger partial charge in [0.2, 0.25) is 5.91 Å². The number of amides is 1. The van der Waals surface area contributed by atoms with Gasteiger partial charge in [0.15, 0.2) is 0 Å². The summed E-state index contributed by atoms with van der Waals surface area (Å²) in [5.74, 6) is 2.22. The van der Waals surface area contributed by atoms with Crippen molar-refractivity contribution >= 4 is 5.91 Å². The minimum atomic E-state index is -0.310. The Hall–Kier alpha value is -1.93. The molecule has 0 saturated carbocycles. The van der Waals surface area contributed by atoms with Gasteiger partial charge in [0.05, 0.1) is 18.3 Å². The smallest absolute Gasteiger partial charge is 0.237 e. The van der Waals surface area contributed by atoms with Crippen LogP contribution in [0.3, 0.4) is 0 Å². The molecule has 0 saturated heterocycles. The van der Waals surface area contributed by atoms with Crippen molar-refractivity contribution in [1.29, 1.82) is 0 Å². The lowest BCUT2D eigenvalue weighted by atomic mass is 10.3. The van der Waals surface area contributed by atoms with Crippen molar-refractivity contribution in [2.45, 2.75) is 19.5 Å². The summed E-state index contributed by atoms with van der Waals surface area (Å²) in [6.45, 7) is 2.51. The maximum absolute atomic E-state index is 11.4. The van der Waals surface area contributed by atoms with E-state index < -0.39 is 0 Å². The summed E-state index contributed by atoms with van der Waals surface area (Å²) in [6.07, 6.45) is 6.64. The highest BCUT2D eigenvalue weighted by Crippen LogP contribution is 1.91. The molecule has 5 nitrogen and oxygen atoms in total. The first-order valence-corrected chi connectivity index (χ1v) is 4.95. The molecule has 0 aliphatic heterocycles. The number of terminal acetylenes is 1. The van der Waals surface area contributed by atoms with E-state index in [0.29, 0.717) is 6.54 Å². The maximum atomic E-state index is 11.4. The largest absolute Gasteiger partial charge is 0.344 e. The molecule has 0 fully saturated rings. The Morgan fingerprint density at radius 3 is 3.12 bits per heavy atom. The maximum Gasteiger partial charge on any atom is 0.237 e. The highest BCUT2D eigenvalue weighted by molar-refractivity contribution is 5.81. The fourth-order valence-electron chi connectivity index (χ4n) is 1.07. The second kappa shape index (κ2) is 6.53. The molecule has 1 heterocycles. The summed E-state index contributed by atoms with van der Waals surface area (Å²) < 4.78 is 0. The second-order valence-electron chi connectivity index (χ2n) is 3.24. The van der Waals surface area contributed by atoms with Crippen LogP contribution in [-0.2, 0) is 11.3 Å². The van der Waals surface area contributed by atoms with E-state index in [4.69, 9.17) is 6.42 Å². The van der Waals surface area contributed by atoms with Crippen LogP contribution in [0, 0.1) is 12.3 Å². The minimum absolute atomic E-state index is 0.123. The van der Waals surface area contributed by atoms with E-state index in [1.54, 1.807) is 19.2 Å². The van der Waals surface area contributed by atoms with E-state index in [0.717, 1.165) is 5.69 Å². The second-order valence-corrected chi connectivity index (χ2v) is 3.24. The molecule has 0 bridgehead atoms. The number of rotatable bonds is 5. The topological polar surface area (TPSA) is 66.9 Å². The molecule has 0 radical (unpaired) electrons. The van der Waals surface area contributed by atoms with Gasteiger partial charge < -0.3 is 10.6 Å². The lowest BCUT2D eigenvalue weighted by Gasteiger charge is -2.12. The van der Waals surface area contributed by atoms with Gasteiger partial charge >= 0.3 is 0 Å². The van der Waals surface area contributed by atoms with Crippen LogP contribution in [0.2, 0.25) is 0 Å². The highest BCUT2D eigenvalue weighted by atomic mass is 16.2. The third kappa shape index (κ3) is 4.07. The monoisotopic (exact) mass is 218 g/mol. The Balaban J connectivity index is 2.33. The number of nitrogens with one attached hydrogen (secondary N) is 2. The third-order valence-corrected chi connectivity index (χ3v) is 1.97. The van der Waals surface area contributed by atoms with Crippen molar-refractivity contribution in [1.82, 2.24) is 20.8 Å². The number of aromatic nitrogens is 2. The van der Waals surface area contributed by atoms with Gasteiger partial charge in [-0.3, -0.25) is 4.79 Å². The summed E-state index contributed by atoms with van der Waals surface area (Å²) in [6, 6.07) is 3.33. The number of hydrogen-bond acceptors (Lipinski definition) is 4. The van der Waals surface area contributed by atoms with Crippen molar-refractivity contribution in [2.75, 3.05) is 6.54 Å². The molecule has 1 unspecified atom stereocenters. The molecule has 5 heteroatoms. The van der Waals surface area contributed by atoms with Crippen molar-refractivity contribution in [3.05, 3.63) is 24.0 Å². The predicted octanol–water partition coefficient (Wildman–Crippen LogP) is -0.296. The highest BCUT2D eigenvalue weighted by Gasteiger charge is 2.10. The van der Waals surface area contributed by atoms with E-state index in [1.807, 2.05) is 6.07 Å². The Morgan fingerprint density at radius 2 is 2.50 bits per heavy atom. The summed E-state index contributed by atoms with van der Waals surface area (Å²) >= 11 is 0.